The maximum atomic E-state index is 11.8. The number of carbonyl (C=O) groups is 2. The second kappa shape index (κ2) is 8.08. The molecule has 2 amide bonds. The third-order valence-electron chi connectivity index (χ3n) is 3.27. The summed E-state index contributed by atoms with van der Waals surface area (Å²) in [4.78, 5) is 25.4. The maximum Gasteiger partial charge on any atom is 0.241 e. The third kappa shape index (κ3) is 5.04. The molecule has 1 unspecified atom stereocenters. The van der Waals surface area contributed by atoms with Crippen molar-refractivity contribution in [2.75, 3.05) is 32.7 Å². The van der Waals surface area contributed by atoms with Gasteiger partial charge in [0.25, 0.3) is 0 Å². The molecule has 5 nitrogen and oxygen atoms in total. The molecule has 0 aromatic heterocycles. The first-order valence-corrected chi connectivity index (χ1v) is 6.91. The molecule has 104 valence electrons. The molecule has 0 spiro atoms. The Morgan fingerprint density at radius 3 is 2.50 bits per heavy atom. The number of rotatable bonds is 6. The van der Waals surface area contributed by atoms with Gasteiger partial charge in [-0.3, -0.25) is 9.59 Å². The van der Waals surface area contributed by atoms with Gasteiger partial charge in [0, 0.05) is 25.6 Å². The number of amides is 2. The van der Waals surface area contributed by atoms with Gasteiger partial charge in [0.05, 0.1) is 6.54 Å². The second-order valence-corrected chi connectivity index (χ2v) is 4.87. The zero-order chi connectivity index (χ0) is 13.4. The first-order valence-electron chi connectivity index (χ1n) is 6.91. The first kappa shape index (κ1) is 15.0. The Morgan fingerprint density at radius 2 is 1.89 bits per heavy atom. The van der Waals surface area contributed by atoms with Crippen LogP contribution in [-0.2, 0) is 9.59 Å². The lowest BCUT2D eigenvalue weighted by Gasteiger charge is -2.27. The summed E-state index contributed by atoms with van der Waals surface area (Å²) in [6, 6.07) is 0. The molecule has 18 heavy (non-hydrogen) atoms. The Kier molecular flexibility index (Phi) is 6.72. The summed E-state index contributed by atoms with van der Waals surface area (Å²) in [6.45, 7) is 7.18. The van der Waals surface area contributed by atoms with Crippen molar-refractivity contribution < 1.29 is 9.59 Å². The molecule has 1 atom stereocenters. The minimum absolute atomic E-state index is 0.0405. The number of carbonyl (C=O) groups excluding carboxylic acids is 2. The molecule has 0 aromatic rings. The predicted octanol–water partition coefficient (Wildman–Crippen LogP) is 0.361. The first-order chi connectivity index (χ1) is 8.65. The normalized spacial score (nSPS) is 17.3. The summed E-state index contributed by atoms with van der Waals surface area (Å²) in [5.74, 6) is -0.112. The molecule has 5 heteroatoms. The highest BCUT2D eigenvalue weighted by Crippen LogP contribution is 2.08. The van der Waals surface area contributed by atoms with E-state index in [2.05, 4.69) is 10.6 Å². The van der Waals surface area contributed by atoms with Crippen molar-refractivity contribution in [3.63, 3.8) is 0 Å². The molecule has 0 saturated carbocycles. The van der Waals surface area contributed by atoms with Gasteiger partial charge in [-0.2, -0.15) is 0 Å². The number of nitrogens with zero attached hydrogens (tertiary/aromatic N) is 1. The van der Waals surface area contributed by atoms with Crippen LogP contribution in [0, 0.1) is 5.92 Å². The van der Waals surface area contributed by atoms with Gasteiger partial charge in [-0.05, 0) is 25.8 Å². The standard InChI is InChI=1S/C13H25N3O2/c1-3-14-9-11(2)13(18)15-10-12(17)16-7-5-4-6-8-16/h11,14H,3-10H2,1-2H3,(H,15,18). The van der Waals surface area contributed by atoms with E-state index in [1.807, 2.05) is 18.7 Å². The van der Waals surface area contributed by atoms with E-state index in [4.69, 9.17) is 0 Å². The summed E-state index contributed by atoms with van der Waals surface area (Å²) in [5.41, 5.74) is 0. The minimum Gasteiger partial charge on any atom is -0.347 e. The minimum atomic E-state index is -0.0981. The van der Waals surface area contributed by atoms with E-state index >= 15 is 0 Å². The third-order valence-corrected chi connectivity index (χ3v) is 3.27. The molecule has 1 heterocycles. The SMILES string of the molecule is CCNCC(C)C(=O)NCC(=O)N1CCCCC1. The van der Waals surface area contributed by atoms with Crippen LogP contribution in [0.3, 0.4) is 0 Å². The maximum absolute atomic E-state index is 11.8. The van der Waals surface area contributed by atoms with Crippen molar-refractivity contribution in [3.05, 3.63) is 0 Å². The fraction of sp³-hybridized carbons (Fsp3) is 0.846. The zero-order valence-corrected chi connectivity index (χ0v) is 11.5. The fourth-order valence-electron chi connectivity index (χ4n) is 2.05. The second-order valence-electron chi connectivity index (χ2n) is 4.87. The molecule has 0 aliphatic carbocycles. The Morgan fingerprint density at radius 1 is 1.22 bits per heavy atom. The van der Waals surface area contributed by atoms with Gasteiger partial charge in [0.15, 0.2) is 0 Å². The summed E-state index contributed by atoms with van der Waals surface area (Å²) in [5, 5.41) is 5.84. The number of hydrogen-bond acceptors (Lipinski definition) is 3. The van der Waals surface area contributed by atoms with E-state index in [0.29, 0.717) is 6.54 Å². The van der Waals surface area contributed by atoms with Crippen LogP contribution < -0.4 is 10.6 Å². The summed E-state index contributed by atoms with van der Waals surface area (Å²) >= 11 is 0. The van der Waals surface area contributed by atoms with Crippen LogP contribution in [0.5, 0.6) is 0 Å². The van der Waals surface area contributed by atoms with Crippen LogP contribution in [0.4, 0.5) is 0 Å². The van der Waals surface area contributed by atoms with E-state index in [-0.39, 0.29) is 24.3 Å². The molecule has 0 bridgehead atoms. The smallest absolute Gasteiger partial charge is 0.241 e. The summed E-state index contributed by atoms with van der Waals surface area (Å²) < 4.78 is 0. The van der Waals surface area contributed by atoms with Crippen molar-refractivity contribution in [2.24, 2.45) is 5.92 Å². The highest BCUT2D eigenvalue weighted by molar-refractivity contribution is 5.85. The molecular formula is C13H25N3O2. The van der Waals surface area contributed by atoms with Crippen molar-refractivity contribution >= 4 is 11.8 Å². The van der Waals surface area contributed by atoms with Gasteiger partial charge < -0.3 is 15.5 Å². The van der Waals surface area contributed by atoms with Gasteiger partial charge in [-0.15, -0.1) is 0 Å². The Labute approximate surface area is 109 Å². The van der Waals surface area contributed by atoms with Crippen LogP contribution in [0.15, 0.2) is 0 Å². The van der Waals surface area contributed by atoms with Crippen LogP contribution in [0.1, 0.15) is 33.1 Å². The van der Waals surface area contributed by atoms with E-state index in [0.717, 1.165) is 32.5 Å². The quantitative estimate of drug-likeness (QED) is 0.720. The molecular weight excluding hydrogens is 230 g/mol. The number of nitrogens with one attached hydrogen (secondary N) is 2. The van der Waals surface area contributed by atoms with E-state index < -0.39 is 0 Å². The molecule has 0 radical (unpaired) electrons. The highest BCUT2D eigenvalue weighted by Gasteiger charge is 2.18. The van der Waals surface area contributed by atoms with Gasteiger partial charge in [0.1, 0.15) is 0 Å². The number of likely N-dealkylation sites (tertiary alicyclic amines) is 1. The molecule has 0 aromatic carbocycles. The molecule has 1 fully saturated rings. The van der Waals surface area contributed by atoms with Crippen LogP contribution in [-0.4, -0.2) is 49.4 Å². The number of piperidine rings is 1. The molecule has 1 rings (SSSR count). The predicted molar refractivity (Wildman–Crippen MR) is 71.1 cm³/mol. The lowest BCUT2D eigenvalue weighted by atomic mass is 10.1. The van der Waals surface area contributed by atoms with Gasteiger partial charge in [-0.1, -0.05) is 13.8 Å². The fourth-order valence-corrected chi connectivity index (χ4v) is 2.05. The largest absolute Gasteiger partial charge is 0.347 e. The Bertz CT molecular complexity index is 275. The molecule has 1 aliphatic heterocycles. The average Bonchev–Trinajstić information content (AvgIpc) is 2.42. The molecule has 1 aliphatic rings. The van der Waals surface area contributed by atoms with Gasteiger partial charge in [0.2, 0.25) is 11.8 Å². The monoisotopic (exact) mass is 255 g/mol. The summed E-state index contributed by atoms with van der Waals surface area (Å²) in [7, 11) is 0. The van der Waals surface area contributed by atoms with Crippen LogP contribution in [0.25, 0.3) is 0 Å². The zero-order valence-electron chi connectivity index (χ0n) is 11.5. The topological polar surface area (TPSA) is 61.4 Å². The van der Waals surface area contributed by atoms with Gasteiger partial charge >= 0.3 is 0 Å². The average molecular weight is 255 g/mol. The lowest BCUT2D eigenvalue weighted by Crippen LogP contribution is -2.44. The number of hydrogen-bond donors (Lipinski definition) is 2. The van der Waals surface area contributed by atoms with E-state index in [1.165, 1.54) is 6.42 Å². The van der Waals surface area contributed by atoms with Crippen molar-refractivity contribution in [1.82, 2.24) is 15.5 Å². The van der Waals surface area contributed by atoms with Crippen molar-refractivity contribution in [2.45, 2.75) is 33.1 Å². The van der Waals surface area contributed by atoms with E-state index in [9.17, 15) is 9.59 Å². The van der Waals surface area contributed by atoms with Crippen molar-refractivity contribution in [1.29, 1.82) is 0 Å². The summed E-state index contributed by atoms with van der Waals surface area (Å²) in [6.07, 6.45) is 3.36. The van der Waals surface area contributed by atoms with Gasteiger partial charge in [-0.25, -0.2) is 0 Å². The highest BCUT2D eigenvalue weighted by atomic mass is 16.2. The van der Waals surface area contributed by atoms with Crippen molar-refractivity contribution in [3.8, 4) is 0 Å². The molecule has 2 N–H and O–H groups in total. The van der Waals surface area contributed by atoms with Crippen LogP contribution in [0.2, 0.25) is 0 Å². The van der Waals surface area contributed by atoms with Crippen LogP contribution >= 0.6 is 0 Å². The Hall–Kier alpha value is -1.10. The van der Waals surface area contributed by atoms with E-state index in [1.54, 1.807) is 0 Å². The Balaban J connectivity index is 2.22. The molecule has 1 saturated heterocycles. The lowest BCUT2D eigenvalue weighted by molar-refractivity contribution is -0.134.